The summed E-state index contributed by atoms with van der Waals surface area (Å²) in [6.45, 7) is 3.54. The van der Waals surface area contributed by atoms with Gasteiger partial charge in [-0.15, -0.1) is 6.58 Å². The molecule has 0 radical (unpaired) electrons. The third-order valence-corrected chi connectivity index (χ3v) is 5.46. The van der Waals surface area contributed by atoms with E-state index in [1.165, 1.54) is 0 Å². The van der Waals surface area contributed by atoms with E-state index >= 15 is 0 Å². The molecule has 0 spiro atoms. The summed E-state index contributed by atoms with van der Waals surface area (Å²) in [5.41, 5.74) is 1.75. The molecule has 0 bridgehead atoms. The quantitative estimate of drug-likeness (QED) is 0.558. The summed E-state index contributed by atoms with van der Waals surface area (Å²) in [6.07, 6.45) is 1.46. The first-order chi connectivity index (χ1) is 15.5. The smallest absolute Gasteiger partial charge is 0.416 e. The average Bonchev–Trinajstić information content (AvgIpc) is 3.17. The van der Waals surface area contributed by atoms with Gasteiger partial charge in [0.15, 0.2) is 0 Å². The molecule has 0 unspecified atom stereocenters. The van der Waals surface area contributed by atoms with Crippen LogP contribution in [0.5, 0.6) is 0 Å². The predicted molar refractivity (Wildman–Crippen MR) is 119 cm³/mol. The normalized spacial score (nSPS) is 17.3. The van der Waals surface area contributed by atoms with Crippen LogP contribution in [0.15, 0.2) is 73.3 Å². The fourth-order valence-corrected chi connectivity index (χ4v) is 3.83. The minimum atomic E-state index is -0.758. The fraction of sp³-hybridized carbons (Fsp3) is 0.320. The van der Waals surface area contributed by atoms with Crippen molar-refractivity contribution in [3.05, 3.63) is 84.4 Å². The zero-order valence-corrected chi connectivity index (χ0v) is 17.9. The van der Waals surface area contributed by atoms with Gasteiger partial charge in [-0.1, -0.05) is 66.7 Å². The predicted octanol–water partition coefficient (Wildman–Crippen LogP) is 3.01. The van der Waals surface area contributed by atoms with E-state index < -0.39 is 30.0 Å². The van der Waals surface area contributed by atoms with Crippen molar-refractivity contribution in [1.29, 1.82) is 0 Å². The molecule has 7 heteroatoms. The molecular formula is C25H28N2O5. The lowest BCUT2D eigenvalue weighted by Gasteiger charge is -2.25. The van der Waals surface area contributed by atoms with Crippen molar-refractivity contribution in [2.45, 2.75) is 31.3 Å². The Balaban J connectivity index is 1.69. The molecule has 7 nitrogen and oxygen atoms in total. The van der Waals surface area contributed by atoms with Crippen LogP contribution in [-0.4, -0.2) is 47.2 Å². The average molecular weight is 437 g/mol. The second-order valence-electron chi connectivity index (χ2n) is 7.77. The number of imide groups is 1. The van der Waals surface area contributed by atoms with Crippen LogP contribution in [0.4, 0.5) is 4.79 Å². The van der Waals surface area contributed by atoms with Gasteiger partial charge in [0.1, 0.15) is 6.61 Å². The number of carbonyl (C=O) groups is 3. The van der Waals surface area contributed by atoms with E-state index in [4.69, 9.17) is 4.74 Å². The van der Waals surface area contributed by atoms with Crippen molar-refractivity contribution >= 4 is 17.9 Å². The lowest BCUT2D eigenvalue weighted by molar-refractivity contribution is -0.136. The monoisotopic (exact) mass is 436 g/mol. The highest BCUT2D eigenvalue weighted by Gasteiger charge is 2.41. The van der Waals surface area contributed by atoms with Crippen LogP contribution in [0.2, 0.25) is 0 Å². The first-order valence-electron chi connectivity index (χ1n) is 10.6. The number of nitrogens with one attached hydrogen (secondary N) is 1. The van der Waals surface area contributed by atoms with Crippen LogP contribution < -0.4 is 5.32 Å². The lowest BCUT2D eigenvalue weighted by atomic mass is 9.97. The van der Waals surface area contributed by atoms with Crippen LogP contribution in [0.1, 0.15) is 30.0 Å². The van der Waals surface area contributed by atoms with Crippen LogP contribution in [0.3, 0.4) is 0 Å². The first kappa shape index (κ1) is 23.2. The van der Waals surface area contributed by atoms with Gasteiger partial charge in [0, 0.05) is 6.42 Å². The van der Waals surface area contributed by atoms with Crippen molar-refractivity contribution in [2.75, 3.05) is 13.2 Å². The van der Waals surface area contributed by atoms with Crippen molar-refractivity contribution < 1.29 is 24.2 Å². The Bertz CT molecular complexity index is 932. The zero-order chi connectivity index (χ0) is 22.9. The standard InChI is InChI=1S/C25H28N2O5/c1-2-9-20(15-23(29)26-22(16-28)19-12-7-4-8-13-19)24(30)27-21(17-32-25(27)31)14-18-10-5-3-6-11-18/h2-8,10-13,20-22,28H,1,9,14-17H2,(H,26,29)/t20-,21-,22+/m1/s1. The maximum Gasteiger partial charge on any atom is 0.416 e. The molecule has 0 saturated carbocycles. The van der Waals surface area contributed by atoms with E-state index in [2.05, 4.69) is 11.9 Å². The number of amides is 3. The largest absolute Gasteiger partial charge is 0.447 e. The van der Waals surface area contributed by atoms with Gasteiger partial charge in [0.2, 0.25) is 11.8 Å². The Morgan fingerprint density at radius 1 is 1.16 bits per heavy atom. The number of hydrogen-bond acceptors (Lipinski definition) is 5. The minimum absolute atomic E-state index is 0.118. The molecule has 3 atom stereocenters. The van der Waals surface area contributed by atoms with Crippen molar-refractivity contribution in [3.63, 3.8) is 0 Å². The molecule has 2 aromatic rings. The van der Waals surface area contributed by atoms with Crippen LogP contribution in [0.25, 0.3) is 0 Å². The van der Waals surface area contributed by atoms with Gasteiger partial charge < -0.3 is 15.2 Å². The number of carbonyl (C=O) groups excluding carboxylic acids is 3. The van der Waals surface area contributed by atoms with Gasteiger partial charge >= 0.3 is 6.09 Å². The third kappa shape index (κ3) is 5.82. The SMILES string of the molecule is C=CC[C@H](CC(=O)N[C@@H](CO)c1ccccc1)C(=O)N1C(=O)OC[C@H]1Cc1ccccc1. The molecule has 2 N–H and O–H groups in total. The second kappa shape index (κ2) is 11.2. The lowest BCUT2D eigenvalue weighted by Crippen LogP contribution is -2.45. The summed E-state index contributed by atoms with van der Waals surface area (Å²) in [5, 5.41) is 12.5. The van der Waals surface area contributed by atoms with Gasteiger partial charge in [0.25, 0.3) is 0 Å². The first-order valence-corrected chi connectivity index (χ1v) is 10.6. The third-order valence-electron chi connectivity index (χ3n) is 5.46. The van der Waals surface area contributed by atoms with Crippen molar-refractivity contribution in [3.8, 4) is 0 Å². The molecule has 168 valence electrons. The number of nitrogens with zero attached hydrogens (tertiary/aromatic N) is 1. The van der Waals surface area contributed by atoms with Gasteiger partial charge in [-0.3, -0.25) is 9.59 Å². The van der Waals surface area contributed by atoms with Gasteiger partial charge in [-0.25, -0.2) is 9.69 Å². The summed E-state index contributed by atoms with van der Waals surface area (Å²) in [5.74, 6) is -1.60. The summed E-state index contributed by atoms with van der Waals surface area (Å²) < 4.78 is 5.15. The highest BCUT2D eigenvalue weighted by molar-refractivity contribution is 5.96. The number of aliphatic hydroxyl groups is 1. The molecule has 3 rings (SSSR count). The molecule has 1 fully saturated rings. The zero-order valence-electron chi connectivity index (χ0n) is 17.9. The van der Waals surface area contributed by atoms with Gasteiger partial charge in [-0.05, 0) is 24.0 Å². The van der Waals surface area contributed by atoms with Gasteiger partial charge in [0.05, 0.1) is 24.6 Å². The van der Waals surface area contributed by atoms with E-state index in [0.29, 0.717) is 6.42 Å². The summed E-state index contributed by atoms with van der Waals surface area (Å²) >= 11 is 0. The molecule has 1 heterocycles. The van der Waals surface area contributed by atoms with Gasteiger partial charge in [-0.2, -0.15) is 0 Å². The number of ether oxygens (including phenoxy) is 1. The number of allylic oxidation sites excluding steroid dienone is 1. The molecule has 1 aliphatic heterocycles. The molecule has 0 aliphatic carbocycles. The molecule has 3 amide bonds. The van der Waals surface area contributed by atoms with E-state index in [1.54, 1.807) is 6.08 Å². The molecule has 32 heavy (non-hydrogen) atoms. The van der Waals surface area contributed by atoms with E-state index in [1.807, 2.05) is 60.7 Å². The highest BCUT2D eigenvalue weighted by Crippen LogP contribution is 2.23. The molecule has 2 aromatic carbocycles. The number of cyclic esters (lactones) is 1. The van der Waals surface area contributed by atoms with E-state index in [0.717, 1.165) is 16.0 Å². The Morgan fingerprint density at radius 3 is 2.44 bits per heavy atom. The Kier molecular flexibility index (Phi) is 8.16. The number of rotatable bonds is 10. The van der Waals surface area contributed by atoms with Crippen molar-refractivity contribution in [2.24, 2.45) is 5.92 Å². The Morgan fingerprint density at radius 2 is 1.81 bits per heavy atom. The number of aliphatic hydroxyl groups excluding tert-OH is 1. The van der Waals surface area contributed by atoms with Crippen molar-refractivity contribution in [1.82, 2.24) is 10.2 Å². The van der Waals surface area contributed by atoms with Crippen LogP contribution >= 0.6 is 0 Å². The fourth-order valence-electron chi connectivity index (χ4n) is 3.83. The summed E-state index contributed by atoms with van der Waals surface area (Å²) in [7, 11) is 0. The molecule has 0 aromatic heterocycles. The topological polar surface area (TPSA) is 95.9 Å². The highest BCUT2D eigenvalue weighted by atomic mass is 16.6. The maximum atomic E-state index is 13.3. The minimum Gasteiger partial charge on any atom is -0.447 e. The van der Waals surface area contributed by atoms with Crippen LogP contribution in [0, 0.1) is 5.92 Å². The Labute approximate surface area is 187 Å². The molecular weight excluding hydrogens is 408 g/mol. The molecule has 1 saturated heterocycles. The Hall–Kier alpha value is -3.45. The summed E-state index contributed by atoms with van der Waals surface area (Å²) in [4.78, 5) is 39.4. The van der Waals surface area contributed by atoms with E-state index in [9.17, 15) is 19.5 Å². The number of benzene rings is 2. The van der Waals surface area contributed by atoms with E-state index in [-0.39, 0.29) is 32.0 Å². The molecule has 1 aliphatic rings. The summed E-state index contributed by atoms with van der Waals surface area (Å²) in [6, 6.07) is 17.6. The number of hydrogen-bond donors (Lipinski definition) is 2. The van der Waals surface area contributed by atoms with Crippen LogP contribution in [-0.2, 0) is 20.7 Å². The second-order valence-corrected chi connectivity index (χ2v) is 7.77. The maximum absolute atomic E-state index is 13.3.